The highest BCUT2D eigenvalue weighted by atomic mass is 16.3. The lowest BCUT2D eigenvalue weighted by Crippen LogP contribution is -2.37. The van der Waals surface area contributed by atoms with Gasteiger partial charge in [0.25, 0.3) is 0 Å². The zero-order valence-electron chi connectivity index (χ0n) is 12.9. The largest absolute Gasteiger partial charge is 0.396 e. The molecular weight excluding hydrogens is 264 g/mol. The van der Waals surface area contributed by atoms with Crippen LogP contribution in [0.2, 0.25) is 0 Å². The lowest BCUT2D eigenvalue weighted by atomic mass is 9.99. The Morgan fingerprint density at radius 3 is 2.90 bits per heavy atom. The van der Waals surface area contributed by atoms with Crippen molar-refractivity contribution < 1.29 is 5.11 Å². The lowest BCUT2D eigenvalue weighted by molar-refractivity contribution is 0.208. The molecule has 1 aliphatic heterocycles. The minimum atomic E-state index is 0.274. The van der Waals surface area contributed by atoms with Crippen molar-refractivity contribution in [3.05, 3.63) is 12.4 Å². The summed E-state index contributed by atoms with van der Waals surface area (Å²) in [7, 11) is 2.11. The smallest absolute Gasteiger partial charge is 0.134 e. The maximum atomic E-state index is 9.36. The van der Waals surface area contributed by atoms with Gasteiger partial charge in [-0.05, 0) is 31.1 Å². The van der Waals surface area contributed by atoms with E-state index in [0.29, 0.717) is 5.92 Å². The molecular formula is C16H26N4O. The van der Waals surface area contributed by atoms with Crippen molar-refractivity contribution >= 4 is 11.6 Å². The molecule has 1 N–H and O–H groups in total. The number of rotatable bonds is 6. The minimum absolute atomic E-state index is 0.274. The number of aromatic nitrogens is 2. The molecule has 5 nitrogen and oxygen atoms in total. The topological polar surface area (TPSA) is 52.5 Å². The van der Waals surface area contributed by atoms with Crippen LogP contribution < -0.4 is 9.80 Å². The maximum absolute atomic E-state index is 9.36. The quantitative estimate of drug-likeness (QED) is 0.867. The monoisotopic (exact) mass is 290 g/mol. The average Bonchev–Trinajstić information content (AvgIpc) is 3.37. The number of nitrogens with zero attached hydrogens (tertiary/aromatic N) is 4. The molecule has 0 aromatic carbocycles. The fourth-order valence-corrected chi connectivity index (χ4v) is 3.04. The van der Waals surface area contributed by atoms with Gasteiger partial charge in [-0.1, -0.05) is 12.8 Å². The van der Waals surface area contributed by atoms with Crippen LogP contribution in [0.3, 0.4) is 0 Å². The Morgan fingerprint density at radius 1 is 1.29 bits per heavy atom. The van der Waals surface area contributed by atoms with Crippen LogP contribution in [0, 0.1) is 11.8 Å². The van der Waals surface area contributed by atoms with E-state index in [9.17, 15) is 5.11 Å². The fraction of sp³-hybridized carbons (Fsp3) is 0.750. The van der Waals surface area contributed by atoms with Crippen LogP contribution in [0.4, 0.5) is 11.6 Å². The molecule has 1 aromatic rings. The summed E-state index contributed by atoms with van der Waals surface area (Å²) in [4.78, 5) is 13.4. The fourth-order valence-electron chi connectivity index (χ4n) is 3.04. The molecule has 1 saturated carbocycles. The molecule has 2 heterocycles. The van der Waals surface area contributed by atoms with Crippen LogP contribution in [0.1, 0.15) is 32.1 Å². The normalized spacial score (nSPS) is 22.4. The van der Waals surface area contributed by atoms with Gasteiger partial charge < -0.3 is 14.9 Å². The Kier molecular flexibility index (Phi) is 4.58. The summed E-state index contributed by atoms with van der Waals surface area (Å²) >= 11 is 0. The third-order valence-corrected chi connectivity index (χ3v) is 4.70. The first-order chi connectivity index (χ1) is 10.3. The van der Waals surface area contributed by atoms with Gasteiger partial charge in [-0.15, -0.1) is 0 Å². The highest BCUT2D eigenvalue weighted by Gasteiger charge is 2.23. The second-order valence-electron chi connectivity index (χ2n) is 6.52. The third-order valence-electron chi connectivity index (χ3n) is 4.70. The van der Waals surface area contributed by atoms with Crippen LogP contribution in [-0.2, 0) is 0 Å². The maximum Gasteiger partial charge on any atom is 0.134 e. The van der Waals surface area contributed by atoms with E-state index in [4.69, 9.17) is 0 Å². The molecule has 1 saturated heterocycles. The Hall–Kier alpha value is -1.36. The number of anilines is 2. The molecule has 21 heavy (non-hydrogen) atoms. The van der Waals surface area contributed by atoms with Crippen molar-refractivity contribution in [2.75, 3.05) is 43.1 Å². The van der Waals surface area contributed by atoms with E-state index < -0.39 is 0 Å². The van der Waals surface area contributed by atoms with Crippen LogP contribution in [0.25, 0.3) is 0 Å². The molecule has 2 fully saturated rings. The van der Waals surface area contributed by atoms with Gasteiger partial charge in [0.15, 0.2) is 0 Å². The van der Waals surface area contributed by atoms with Crippen molar-refractivity contribution in [1.29, 1.82) is 0 Å². The second kappa shape index (κ2) is 6.60. The number of hydrogen-bond acceptors (Lipinski definition) is 5. The van der Waals surface area contributed by atoms with Crippen LogP contribution in [0.15, 0.2) is 12.4 Å². The van der Waals surface area contributed by atoms with Gasteiger partial charge in [0, 0.05) is 39.4 Å². The lowest BCUT2D eigenvalue weighted by Gasteiger charge is -2.33. The molecule has 0 spiro atoms. The van der Waals surface area contributed by atoms with E-state index in [1.807, 2.05) is 0 Å². The third kappa shape index (κ3) is 3.84. The van der Waals surface area contributed by atoms with Gasteiger partial charge in [-0.25, -0.2) is 9.97 Å². The predicted molar refractivity (Wildman–Crippen MR) is 84.7 cm³/mol. The minimum Gasteiger partial charge on any atom is -0.396 e. The average molecular weight is 290 g/mol. The second-order valence-corrected chi connectivity index (χ2v) is 6.52. The van der Waals surface area contributed by atoms with E-state index in [-0.39, 0.29) is 6.61 Å². The standard InChI is InChI=1S/C16H26N4O/c1-19(8-6-13-4-5-13)15-9-16(18-12-17-15)20-7-2-3-14(10-20)11-21/h9,12-14,21H,2-8,10-11H2,1H3. The van der Waals surface area contributed by atoms with E-state index >= 15 is 0 Å². The van der Waals surface area contributed by atoms with Gasteiger partial charge in [-0.2, -0.15) is 0 Å². The van der Waals surface area contributed by atoms with Gasteiger partial charge in [0.1, 0.15) is 18.0 Å². The van der Waals surface area contributed by atoms with E-state index in [1.54, 1.807) is 6.33 Å². The summed E-state index contributed by atoms with van der Waals surface area (Å²) in [6, 6.07) is 2.09. The van der Waals surface area contributed by atoms with E-state index in [2.05, 4.69) is 32.9 Å². The summed E-state index contributed by atoms with van der Waals surface area (Å²) in [6.45, 7) is 3.27. The molecule has 1 aromatic heterocycles. The summed E-state index contributed by atoms with van der Waals surface area (Å²) in [5.41, 5.74) is 0. The number of piperidine rings is 1. The van der Waals surface area contributed by atoms with Gasteiger partial charge >= 0.3 is 0 Å². The van der Waals surface area contributed by atoms with Crippen molar-refractivity contribution in [3.8, 4) is 0 Å². The first kappa shape index (κ1) is 14.6. The molecule has 0 radical (unpaired) electrons. The Morgan fingerprint density at radius 2 is 2.14 bits per heavy atom. The molecule has 3 rings (SSSR count). The molecule has 5 heteroatoms. The Bertz CT molecular complexity index is 463. The molecule has 116 valence electrons. The molecule has 2 aliphatic rings. The number of aliphatic hydroxyl groups excluding tert-OH is 1. The van der Waals surface area contributed by atoms with E-state index in [1.165, 1.54) is 19.3 Å². The summed E-state index contributed by atoms with van der Waals surface area (Å²) < 4.78 is 0. The SMILES string of the molecule is CN(CCC1CC1)c1cc(N2CCCC(CO)C2)ncn1. The van der Waals surface area contributed by atoms with Crippen molar-refractivity contribution in [2.45, 2.75) is 32.1 Å². The van der Waals surface area contributed by atoms with Crippen LogP contribution >= 0.6 is 0 Å². The molecule has 1 unspecified atom stereocenters. The summed E-state index contributed by atoms with van der Waals surface area (Å²) in [5, 5.41) is 9.36. The summed E-state index contributed by atoms with van der Waals surface area (Å²) in [6.07, 6.45) is 7.99. The van der Waals surface area contributed by atoms with Gasteiger partial charge in [0.05, 0.1) is 0 Å². The zero-order valence-corrected chi connectivity index (χ0v) is 12.9. The Balaban J connectivity index is 1.63. The van der Waals surface area contributed by atoms with E-state index in [0.717, 1.165) is 50.0 Å². The molecule has 1 atom stereocenters. The first-order valence-electron chi connectivity index (χ1n) is 8.15. The zero-order chi connectivity index (χ0) is 14.7. The number of aliphatic hydroxyl groups is 1. The van der Waals surface area contributed by atoms with Gasteiger partial charge in [0.2, 0.25) is 0 Å². The predicted octanol–water partition coefficient (Wildman–Crippen LogP) is 1.92. The first-order valence-corrected chi connectivity index (χ1v) is 8.15. The van der Waals surface area contributed by atoms with Crippen molar-refractivity contribution in [1.82, 2.24) is 9.97 Å². The van der Waals surface area contributed by atoms with Crippen LogP contribution in [0.5, 0.6) is 0 Å². The molecule has 0 amide bonds. The molecule has 0 bridgehead atoms. The highest BCUT2D eigenvalue weighted by molar-refractivity contribution is 5.50. The van der Waals surface area contributed by atoms with Gasteiger partial charge in [-0.3, -0.25) is 0 Å². The highest BCUT2D eigenvalue weighted by Crippen LogP contribution is 2.32. The number of hydrogen-bond donors (Lipinski definition) is 1. The Labute approximate surface area is 127 Å². The van der Waals surface area contributed by atoms with Crippen molar-refractivity contribution in [2.24, 2.45) is 11.8 Å². The van der Waals surface area contributed by atoms with Crippen LogP contribution in [-0.4, -0.2) is 48.4 Å². The summed E-state index contributed by atoms with van der Waals surface area (Å²) in [5.74, 6) is 3.33. The molecule has 1 aliphatic carbocycles. The van der Waals surface area contributed by atoms with Crippen molar-refractivity contribution in [3.63, 3.8) is 0 Å².